The zero-order valence-corrected chi connectivity index (χ0v) is 10.1. The Balaban J connectivity index is 1.90. The highest BCUT2D eigenvalue weighted by Gasteiger charge is 2.16. The largest absolute Gasteiger partial charge is 0.313 e. The Bertz CT molecular complexity index is 273. The van der Waals surface area contributed by atoms with Crippen molar-refractivity contribution >= 4 is 11.3 Å². The molecule has 2 heterocycles. The molecule has 2 rings (SSSR count). The Morgan fingerprint density at radius 3 is 3.33 bits per heavy atom. The second-order valence-electron chi connectivity index (χ2n) is 4.12. The molecule has 0 aromatic carbocycles. The lowest BCUT2D eigenvalue weighted by Gasteiger charge is -2.22. The van der Waals surface area contributed by atoms with Gasteiger partial charge in [0.15, 0.2) is 0 Å². The van der Waals surface area contributed by atoms with E-state index >= 15 is 0 Å². The van der Waals surface area contributed by atoms with Crippen molar-refractivity contribution in [1.29, 1.82) is 0 Å². The highest BCUT2D eigenvalue weighted by atomic mass is 32.1. The van der Waals surface area contributed by atoms with E-state index in [0.29, 0.717) is 6.04 Å². The molecule has 0 bridgehead atoms. The number of hydrogen-bond donors (Lipinski definition) is 1. The van der Waals surface area contributed by atoms with Crippen LogP contribution in [0.1, 0.15) is 24.6 Å². The third kappa shape index (κ3) is 3.26. The highest BCUT2D eigenvalue weighted by molar-refractivity contribution is 7.09. The zero-order valence-electron chi connectivity index (χ0n) is 9.28. The second kappa shape index (κ2) is 5.58. The highest BCUT2D eigenvalue weighted by Crippen LogP contribution is 2.12. The summed E-state index contributed by atoms with van der Waals surface area (Å²) < 4.78 is 0. The molecule has 1 saturated heterocycles. The molecule has 0 saturated carbocycles. The lowest BCUT2D eigenvalue weighted by atomic mass is 10.2. The number of thiazole rings is 1. The van der Waals surface area contributed by atoms with E-state index in [9.17, 15) is 0 Å². The van der Waals surface area contributed by atoms with Crippen molar-refractivity contribution in [2.45, 2.75) is 32.4 Å². The second-order valence-corrected chi connectivity index (χ2v) is 5.09. The molecule has 0 aliphatic carbocycles. The molecule has 15 heavy (non-hydrogen) atoms. The molecule has 1 N–H and O–H groups in total. The fourth-order valence-corrected chi connectivity index (χ4v) is 2.67. The molecule has 1 aromatic rings. The first-order valence-corrected chi connectivity index (χ1v) is 6.59. The maximum Gasteiger partial charge on any atom is 0.0794 e. The van der Waals surface area contributed by atoms with Crippen LogP contribution >= 0.6 is 11.3 Å². The summed E-state index contributed by atoms with van der Waals surface area (Å²) in [6.07, 6.45) is 4.47. The lowest BCUT2D eigenvalue weighted by Crippen LogP contribution is -2.36. The molecule has 1 aliphatic heterocycles. The molecule has 0 spiro atoms. The van der Waals surface area contributed by atoms with Gasteiger partial charge in [0.25, 0.3) is 0 Å². The zero-order chi connectivity index (χ0) is 10.5. The van der Waals surface area contributed by atoms with Crippen LogP contribution in [0.2, 0.25) is 0 Å². The van der Waals surface area contributed by atoms with Gasteiger partial charge in [-0.1, -0.05) is 6.92 Å². The van der Waals surface area contributed by atoms with E-state index in [1.807, 2.05) is 11.7 Å². The van der Waals surface area contributed by atoms with E-state index in [1.165, 1.54) is 30.8 Å². The van der Waals surface area contributed by atoms with Crippen LogP contribution in [0.25, 0.3) is 0 Å². The smallest absolute Gasteiger partial charge is 0.0794 e. The summed E-state index contributed by atoms with van der Waals surface area (Å²) in [4.78, 5) is 8.05. The summed E-state index contributed by atoms with van der Waals surface area (Å²) in [7, 11) is 0. The standard InChI is InChI=1S/C11H19N3S/c1-2-10-7-14(5-3-4-13-10)8-11-6-12-9-15-11/h6,9-10,13H,2-5,7-8H2,1H3. The number of hydrogen-bond acceptors (Lipinski definition) is 4. The van der Waals surface area contributed by atoms with Gasteiger partial charge in [-0.3, -0.25) is 9.88 Å². The van der Waals surface area contributed by atoms with Crippen molar-refractivity contribution in [1.82, 2.24) is 15.2 Å². The van der Waals surface area contributed by atoms with Gasteiger partial charge in [0.2, 0.25) is 0 Å². The Kier molecular flexibility index (Phi) is 4.11. The molecule has 1 aliphatic rings. The van der Waals surface area contributed by atoms with Crippen molar-refractivity contribution in [3.05, 3.63) is 16.6 Å². The van der Waals surface area contributed by atoms with Crippen LogP contribution in [0.15, 0.2) is 11.7 Å². The summed E-state index contributed by atoms with van der Waals surface area (Å²) >= 11 is 1.76. The first kappa shape index (κ1) is 11.0. The normalized spacial score (nSPS) is 23.9. The van der Waals surface area contributed by atoms with E-state index in [-0.39, 0.29) is 0 Å². The predicted molar refractivity (Wildman–Crippen MR) is 64.1 cm³/mol. The van der Waals surface area contributed by atoms with Crippen molar-refractivity contribution in [3.8, 4) is 0 Å². The molecule has 1 atom stereocenters. The molecule has 1 fully saturated rings. The minimum absolute atomic E-state index is 0.667. The number of aromatic nitrogens is 1. The quantitative estimate of drug-likeness (QED) is 0.849. The lowest BCUT2D eigenvalue weighted by molar-refractivity contribution is 0.259. The van der Waals surface area contributed by atoms with Crippen LogP contribution in [-0.2, 0) is 6.54 Å². The summed E-state index contributed by atoms with van der Waals surface area (Å²) in [5.74, 6) is 0. The third-order valence-electron chi connectivity index (χ3n) is 2.92. The number of rotatable bonds is 3. The van der Waals surface area contributed by atoms with E-state index in [0.717, 1.165) is 13.1 Å². The molecule has 0 radical (unpaired) electrons. The Labute approximate surface area is 95.5 Å². The maximum absolute atomic E-state index is 4.13. The van der Waals surface area contributed by atoms with Gasteiger partial charge in [-0.25, -0.2) is 0 Å². The maximum atomic E-state index is 4.13. The molecule has 4 heteroatoms. The van der Waals surface area contributed by atoms with Gasteiger partial charge in [-0.15, -0.1) is 11.3 Å². The van der Waals surface area contributed by atoms with Crippen LogP contribution in [0.4, 0.5) is 0 Å². The third-order valence-corrected chi connectivity index (χ3v) is 3.68. The Morgan fingerprint density at radius 2 is 2.60 bits per heavy atom. The molecule has 1 unspecified atom stereocenters. The molecule has 0 amide bonds. The van der Waals surface area contributed by atoms with E-state index < -0.39 is 0 Å². The average molecular weight is 225 g/mol. The van der Waals surface area contributed by atoms with Gasteiger partial charge in [-0.2, -0.15) is 0 Å². The van der Waals surface area contributed by atoms with E-state index in [1.54, 1.807) is 11.3 Å². The summed E-state index contributed by atoms with van der Waals surface area (Å²) in [6, 6.07) is 0.667. The van der Waals surface area contributed by atoms with Crippen molar-refractivity contribution < 1.29 is 0 Å². The molecular weight excluding hydrogens is 206 g/mol. The molecule has 84 valence electrons. The number of nitrogens with zero attached hydrogens (tertiary/aromatic N) is 2. The van der Waals surface area contributed by atoms with Crippen LogP contribution in [0, 0.1) is 0 Å². The van der Waals surface area contributed by atoms with Gasteiger partial charge >= 0.3 is 0 Å². The fourth-order valence-electron chi connectivity index (χ4n) is 2.03. The topological polar surface area (TPSA) is 28.2 Å². The first-order valence-electron chi connectivity index (χ1n) is 5.71. The Hall–Kier alpha value is -0.450. The van der Waals surface area contributed by atoms with Crippen LogP contribution in [0.5, 0.6) is 0 Å². The Morgan fingerprint density at radius 1 is 1.67 bits per heavy atom. The van der Waals surface area contributed by atoms with Crippen LogP contribution in [-0.4, -0.2) is 35.6 Å². The summed E-state index contributed by atoms with van der Waals surface area (Å²) in [6.45, 7) is 6.88. The monoisotopic (exact) mass is 225 g/mol. The van der Waals surface area contributed by atoms with Gasteiger partial charge in [0.1, 0.15) is 0 Å². The minimum Gasteiger partial charge on any atom is -0.313 e. The van der Waals surface area contributed by atoms with Gasteiger partial charge < -0.3 is 5.32 Å². The molecule has 1 aromatic heterocycles. The van der Waals surface area contributed by atoms with Crippen LogP contribution < -0.4 is 5.32 Å². The first-order chi connectivity index (χ1) is 7.38. The molecular formula is C11H19N3S. The minimum atomic E-state index is 0.667. The SMILES string of the molecule is CCC1CN(Cc2cncs2)CCCN1. The van der Waals surface area contributed by atoms with Crippen molar-refractivity contribution in [2.24, 2.45) is 0 Å². The van der Waals surface area contributed by atoms with E-state index in [4.69, 9.17) is 0 Å². The molecule has 3 nitrogen and oxygen atoms in total. The summed E-state index contributed by atoms with van der Waals surface area (Å²) in [5.41, 5.74) is 1.92. The van der Waals surface area contributed by atoms with Gasteiger partial charge in [0.05, 0.1) is 5.51 Å². The average Bonchev–Trinajstić information content (AvgIpc) is 2.64. The van der Waals surface area contributed by atoms with Gasteiger partial charge in [-0.05, 0) is 25.9 Å². The van der Waals surface area contributed by atoms with E-state index in [2.05, 4.69) is 22.1 Å². The van der Waals surface area contributed by atoms with Crippen molar-refractivity contribution in [3.63, 3.8) is 0 Å². The van der Waals surface area contributed by atoms with Gasteiger partial charge in [0, 0.05) is 30.2 Å². The van der Waals surface area contributed by atoms with Crippen LogP contribution in [0.3, 0.4) is 0 Å². The fraction of sp³-hybridized carbons (Fsp3) is 0.727. The van der Waals surface area contributed by atoms with Crippen molar-refractivity contribution in [2.75, 3.05) is 19.6 Å². The number of nitrogens with one attached hydrogen (secondary N) is 1. The predicted octanol–water partition coefficient (Wildman–Crippen LogP) is 1.72. The summed E-state index contributed by atoms with van der Waals surface area (Å²) in [5, 5.41) is 3.59.